The maximum Gasteiger partial charge on any atom is 0.334 e. The predicted molar refractivity (Wildman–Crippen MR) is 119 cm³/mol. The summed E-state index contributed by atoms with van der Waals surface area (Å²) < 4.78 is 40.9. The number of carbonyl (C=O) groups is 1. The summed E-state index contributed by atoms with van der Waals surface area (Å²) in [6.45, 7) is 2.53. The summed E-state index contributed by atoms with van der Waals surface area (Å²) in [4.78, 5) is 17.0. The fourth-order valence-electron chi connectivity index (χ4n) is 5.14. The van der Waals surface area contributed by atoms with Crippen LogP contribution in [0.3, 0.4) is 0 Å². The van der Waals surface area contributed by atoms with Crippen LogP contribution in [0.5, 0.6) is 0 Å². The van der Waals surface area contributed by atoms with Crippen molar-refractivity contribution in [2.75, 3.05) is 22.8 Å². The number of rotatable bonds is 5. The molecule has 0 unspecified atom stereocenters. The van der Waals surface area contributed by atoms with Gasteiger partial charge < -0.3 is 14.5 Å². The van der Waals surface area contributed by atoms with Crippen LogP contribution in [0.15, 0.2) is 16.7 Å². The number of amides is 2. The maximum absolute atomic E-state index is 13.3. The number of fused-ring (bicyclic) bond motifs is 2. The van der Waals surface area contributed by atoms with Gasteiger partial charge in [0, 0.05) is 25.8 Å². The van der Waals surface area contributed by atoms with Gasteiger partial charge in [0.15, 0.2) is 5.89 Å². The van der Waals surface area contributed by atoms with Crippen molar-refractivity contribution in [1.29, 1.82) is 0 Å². The van der Waals surface area contributed by atoms with E-state index in [2.05, 4.69) is 21.1 Å². The number of aromatic nitrogens is 1. The number of ether oxygens (including phenoxy) is 1. The summed E-state index contributed by atoms with van der Waals surface area (Å²) in [5.41, 5.74) is 5.62. The summed E-state index contributed by atoms with van der Waals surface area (Å²) in [5, 5.41) is 2.89. The first kappa shape index (κ1) is 21.3. The molecule has 1 aliphatic heterocycles. The van der Waals surface area contributed by atoms with E-state index < -0.39 is 16.2 Å². The molecule has 9 nitrogen and oxygen atoms in total. The molecule has 2 heterocycles. The van der Waals surface area contributed by atoms with Gasteiger partial charge in [-0.3, -0.25) is 0 Å². The van der Waals surface area contributed by atoms with E-state index in [0.29, 0.717) is 31.9 Å². The molecule has 10 heteroatoms. The Bertz CT molecular complexity index is 1110. The Morgan fingerprint density at radius 2 is 1.75 bits per heavy atom. The van der Waals surface area contributed by atoms with Crippen LogP contribution in [0.25, 0.3) is 0 Å². The van der Waals surface area contributed by atoms with Crippen LogP contribution in [0.1, 0.15) is 53.8 Å². The minimum atomic E-state index is -4.23. The smallest absolute Gasteiger partial charge is 0.334 e. The lowest BCUT2D eigenvalue weighted by molar-refractivity contribution is 0.0869. The molecule has 1 saturated heterocycles. The summed E-state index contributed by atoms with van der Waals surface area (Å²) in [6.07, 6.45) is 8.28. The molecule has 2 N–H and O–H groups in total. The predicted octanol–water partition coefficient (Wildman–Crippen LogP) is 3.01. The van der Waals surface area contributed by atoms with Crippen LogP contribution in [-0.4, -0.2) is 38.7 Å². The number of nitrogens with zero attached hydrogens (tertiary/aromatic N) is 2. The second kappa shape index (κ2) is 8.40. The topological polar surface area (TPSA) is 114 Å². The number of carbonyl (C=O) groups excluding carboxylic acids is 1. The highest BCUT2D eigenvalue weighted by Gasteiger charge is 2.36. The molecule has 3 aliphatic rings. The SMILES string of the molecule is Cc1ncc(N(C2CCOCC2)S(=O)(=O)NC(=O)Nc2c3c(cc4c2CCC4)CCC3)o1. The first-order valence-electron chi connectivity index (χ1n) is 11.2. The number of nitrogens with one attached hydrogen (secondary N) is 2. The van der Waals surface area contributed by atoms with Crippen molar-refractivity contribution in [2.45, 2.75) is 64.3 Å². The minimum Gasteiger partial charge on any atom is -0.424 e. The molecule has 172 valence electrons. The third-order valence-electron chi connectivity index (χ3n) is 6.54. The zero-order valence-corrected chi connectivity index (χ0v) is 19.0. The Hall–Kier alpha value is -2.59. The zero-order chi connectivity index (χ0) is 22.3. The van der Waals surface area contributed by atoms with E-state index in [0.717, 1.165) is 59.6 Å². The summed E-state index contributed by atoms with van der Waals surface area (Å²) in [5.74, 6) is 0.448. The standard InChI is InChI=1S/C22H28N4O5S/c1-14-23-13-20(31-14)26(17-8-10-30-11-9-17)32(28,29)25-22(27)24-21-18-6-2-4-15(18)12-16-5-3-7-19(16)21/h12-13,17H,2-11H2,1H3,(H2,24,25,27). The van der Waals surface area contributed by atoms with Gasteiger partial charge in [0.05, 0.1) is 12.2 Å². The molecule has 2 aromatic rings. The normalized spacial score (nSPS) is 18.3. The molecule has 1 fully saturated rings. The van der Waals surface area contributed by atoms with E-state index in [4.69, 9.17) is 9.15 Å². The lowest BCUT2D eigenvalue weighted by Crippen LogP contribution is -2.51. The number of hydrogen-bond acceptors (Lipinski definition) is 6. The van der Waals surface area contributed by atoms with Crippen molar-refractivity contribution in [2.24, 2.45) is 0 Å². The highest BCUT2D eigenvalue weighted by molar-refractivity contribution is 7.91. The molecular formula is C22H28N4O5S. The molecule has 2 amide bonds. The number of oxazole rings is 1. The van der Waals surface area contributed by atoms with E-state index in [1.807, 2.05) is 0 Å². The van der Waals surface area contributed by atoms with Gasteiger partial charge in [0.2, 0.25) is 5.88 Å². The van der Waals surface area contributed by atoms with Crippen LogP contribution in [0.2, 0.25) is 0 Å². The van der Waals surface area contributed by atoms with E-state index >= 15 is 0 Å². The second-order valence-electron chi connectivity index (χ2n) is 8.65. The Morgan fingerprint density at radius 3 is 2.34 bits per heavy atom. The largest absolute Gasteiger partial charge is 0.424 e. The third-order valence-corrected chi connectivity index (χ3v) is 7.98. The minimum absolute atomic E-state index is 0.0937. The van der Waals surface area contributed by atoms with E-state index in [1.54, 1.807) is 6.92 Å². The number of aryl methyl sites for hydroxylation is 3. The number of urea groups is 1. The van der Waals surface area contributed by atoms with Crippen molar-refractivity contribution in [1.82, 2.24) is 9.71 Å². The van der Waals surface area contributed by atoms with Crippen LogP contribution in [-0.2, 0) is 40.6 Å². The molecule has 2 aliphatic carbocycles. The molecule has 5 rings (SSSR count). The van der Waals surface area contributed by atoms with Crippen molar-refractivity contribution in [3.05, 3.63) is 40.4 Å². The zero-order valence-electron chi connectivity index (χ0n) is 18.1. The number of anilines is 2. The molecule has 32 heavy (non-hydrogen) atoms. The average Bonchev–Trinajstić information content (AvgIpc) is 3.49. The van der Waals surface area contributed by atoms with Crippen molar-refractivity contribution in [3.63, 3.8) is 0 Å². The summed E-state index contributed by atoms with van der Waals surface area (Å²) in [7, 11) is -4.23. The Balaban J connectivity index is 1.41. The molecule has 1 aromatic carbocycles. The monoisotopic (exact) mass is 460 g/mol. The summed E-state index contributed by atoms with van der Waals surface area (Å²) in [6, 6.07) is 1.13. The van der Waals surface area contributed by atoms with Gasteiger partial charge in [0.25, 0.3) is 0 Å². The van der Waals surface area contributed by atoms with Gasteiger partial charge in [0.1, 0.15) is 0 Å². The second-order valence-corrected chi connectivity index (χ2v) is 10.2. The Kier molecular flexibility index (Phi) is 5.58. The van der Waals surface area contributed by atoms with Crippen molar-refractivity contribution >= 4 is 27.8 Å². The van der Waals surface area contributed by atoms with Crippen LogP contribution in [0.4, 0.5) is 16.4 Å². The fraction of sp³-hybridized carbons (Fsp3) is 0.545. The molecule has 0 atom stereocenters. The van der Waals surface area contributed by atoms with E-state index in [-0.39, 0.29) is 11.9 Å². The molecule has 0 saturated carbocycles. The molecule has 0 radical (unpaired) electrons. The lowest BCUT2D eigenvalue weighted by Gasteiger charge is -2.32. The Labute approximate surface area is 187 Å². The molecule has 1 aromatic heterocycles. The highest BCUT2D eigenvalue weighted by Crippen LogP contribution is 2.38. The van der Waals surface area contributed by atoms with Gasteiger partial charge in [-0.1, -0.05) is 6.07 Å². The van der Waals surface area contributed by atoms with Gasteiger partial charge >= 0.3 is 16.2 Å². The fourth-order valence-corrected chi connectivity index (χ4v) is 6.45. The summed E-state index contributed by atoms with van der Waals surface area (Å²) >= 11 is 0. The van der Waals surface area contributed by atoms with Crippen LogP contribution < -0.4 is 14.3 Å². The number of benzene rings is 1. The Morgan fingerprint density at radius 1 is 1.09 bits per heavy atom. The maximum atomic E-state index is 13.3. The first-order chi connectivity index (χ1) is 15.4. The van der Waals surface area contributed by atoms with E-state index in [9.17, 15) is 13.2 Å². The molecule has 0 spiro atoms. The molecular weight excluding hydrogens is 432 g/mol. The first-order valence-corrected chi connectivity index (χ1v) is 12.7. The number of hydrogen-bond donors (Lipinski definition) is 2. The quantitative estimate of drug-likeness (QED) is 0.709. The third kappa shape index (κ3) is 3.97. The van der Waals surface area contributed by atoms with Crippen LogP contribution >= 0.6 is 0 Å². The average molecular weight is 461 g/mol. The van der Waals surface area contributed by atoms with E-state index in [1.165, 1.54) is 17.3 Å². The van der Waals surface area contributed by atoms with Gasteiger partial charge in [-0.05, 0) is 73.6 Å². The highest BCUT2D eigenvalue weighted by atomic mass is 32.2. The van der Waals surface area contributed by atoms with Gasteiger partial charge in [-0.2, -0.15) is 8.42 Å². The van der Waals surface area contributed by atoms with Crippen molar-refractivity contribution < 1.29 is 22.4 Å². The lowest BCUT2D eigenvalue weighted by atomic mass is 9.99. The van der Waals surface area contributed by atoms with Gasteiger partial charge in [-0.15, -0.1) is 0 Å². The molecule has 0 bridgehead atoms. The van der Waals surface area contributed by atoms with Crippen molar-refractivity contribution in [3.8, 4) is 0 Å². The van der Waals surface area contributed by atoms with Crippen LogP contribution in [0, 0.1) is 6.92 Å². The van der Waals surface area contributed by atoms with Gasteiger partial charge in [-0.25, -0.2) is 18.8 Å².